The molecule has 2 heterocycles. The second-order valence-corrected chi connectivity index (χ2v) is 8.85. The van der Waals surface area contributed by atoms with Gasteiger partial charge >= 0.3 is 0 Å². The minimum Gasteiger partial charge on any atom is -0.496 e. The van der Waals surface area contributed by atoms with Crippen LogP contribution >= 0.6 is 0 Å². The highest BCUT2D eigenvalue weighted by Crippen LogP contribution is 2.34. The van der Waals surface area contributed by atoms with Crippen molar-refractivity contribution in [3.63, 3.8) is 0 Å². The SMILES string of the molecule is COc1ccccc1[C@H]1CN(CCNC(=O)c2cccc(Cn3cccn3)c2)Cc2ccccc2O1. The number of aromatic nitrogens is 2. The van der Waals surface area contributed by atoms with Gasteiger partial charge in [0, 0.05) is 55.3 Å². The molecule has 1 atom stereocenters. The second kappa shape index (κ2) is 11.1. The molecule has 7 nitrogen and oxygen atoms in total. The van der Waals surface area contributed by atoms with Crippen molar-refractivity contribution >= 4 is 5.91 Å². The molecule has 1 aliphatic rings. The van der Waals surface area contributed by atoms with E-state index in [1.165, 1.54) is 0 Å². The zero-order valence-electron chi connectivity index (χ0n) is 20.3. The molecule has 184 valence electrons. The number of para-hydroxylation sites is 2. The van der Waals surface area contributed by atoms with Crippen molar-refractivity contribution in [2.24, 2.45) is 0 Å². The smallest absolute Gasteiger partial charge is 0.251 e. The van der Waals surface area contributed by atoms with Crippen molar-refractivity contribution in [3.8, 4) is 11.5 Å². The number of carbonyl (C=O) groups excluding carboxylic acids is 1. The quantitative estimate of drug-likeness (QED) is 0.406. The first kappa shape index (κ1) is 23.6. The predicted molar refractivity (Wildman–Crippen MR) is 138 cm³/mol. The largest absolute Gasteiger partial charge is 0.496 e. The van der Waals surface area contributed by atoms with E-state index >= 15 is 0 Å². The van der Waals surface area contributed by atoms with E-state index in [2.05, 4.69) is 21.4 Å². The van der Waals surface area contributed by atoms with Gasteiger partial charge in [-0.1, -0.05) is 48.5 Å². The van der Waals surface area contributed by atoms with Gasteiger partial charge in [0.05, 0.1) is 13.7 Å². The molecule has 0 radical (unpaired) electrons. The van der Waals surface area contributed by atoms with Crippen molar-refractivity contribution in [2.75, 3.05) is 26.7 Å². The zero-order valence-corrected chi connectivity index (χ0v) is 20.3. The van der Waals surface area contributed by atoms with Crippen LogP contribution in [-0.4, -0.2) is 47.3 Å². The average Bonchev–Trinajstić information content (AvgIpc) is 3.34. The van der Waals surface area contributed by atoms with E-state index in [9.17, 15) is 4.79 Å². The lowest BCUT2D eigenvalue weighted by molar-refractivity contribution is 0.0942. The van der Waals surface area contributed by atoms with Gasteiger partial charge < -0.3 is 14.8 Å². The van der Waals surface area contributed by atoms with Crippen LogP contribution in [0.1, 0.15) is 33.2 Å². The summed E-state index contributed by atoms with van der Waals surface area (Å²) in [7, 11) is 1.68. The van der Waals surface area contributed by atoms with Crippen LogP contribution in [0.25, 0.3) is 0 Å². The first-order valence-corrected chi connectivity index (χ1v) is 12.1. The van der Waals surface area contributed by atoms with Gasteiger partial charge in [0.1, 0.15) is 17.6 Å². The molecule has 1 aromatic heterocycles. The maximum Gasteiger partial charge on any atom is 0.251 e. The van der Waals surface area contributed by atoms with Gasteiger partial charge in [0.2, 0.25) is 0 Å². The van der Waals surface area contributed by atoms with Crippen LogP contribution in [0.4, 0.5) is 0 Å². The molecule has 1 amide bonds. The molecule has 0 bridgehead atoms. The first-order chi connectivity index (χ1) is 17.7. The van der Waals surface area contributed by atoms with Crippen molar-refractivity contribution in [2.45, 2.75) is 19.2 Å². The third kappa shape index (κ3) is 5.58. The van der Waals surface area contributed by atoms with Crippen LogP contribution in [0.2, 0.25) is 0 Å². The number of hydrogen-bond donors (Lipinski definition) is 1. The third-order valence-electron chi connectivity index (χ3n) is 6.35. The highest BCUT2D eigenvalue weighted by Gasteiger charge is 2.26. The van der Waals surface area contributed by atoms with Gasteiger partial charge in [-0.15, -0.1) is 0 Å². The Labute approximate surface area is 211 Å². The highest BCUT2D eigenvalue weighted by molar-refractivity contribution is 5.94. The summed E-state index contributed by atoms with van der Waals surface area (Å²) in [5.41, 5.74) is 3.83. The van der Waals surface area contributed by atoms with Crippen LogP contribution in [0.5, 0.6) is 11.5 Å². The fourth-order valence-corrected chi connectivity index (χ4v) is 4.57. The lowest BCUT2D eigenvalue weighted by Crippen LogP contribution is -2.36. The van der Waals surface area contributed by atoms with E-state index < -0.39 is 0 Å². The van der Waals surface area contributed by atoms with Gasteiger partial charge in [-0.3, -0.25) is 14.4 Å². The molecule has 0 fully saturated rings. The van der Waals surface area contributed by atoms with Gasteiger partial charge in [-0.2, -0.15) is 5.10 Å². The van der Waals surface area contributed by atoms with Crippen LogP contribution in [-0.2, 0) is 13.1 Å². The van der Waals surface area contributed by atoms with Crippen molar-refractivity contribution < 1.29 is 14.3 Å². The summed E-state index contributed by atoms with van der Waals surface area (Å²) < 4.78 is 13.9. The molecule has 4 aromatic rings. The van der Waals surface area contributed by atoms with Crippen molar-refractivity contribution in [1.29, 1.82) is 0 Å². The highest BCUT2D eigenvalue weighted by atomic mass is 16.5. The number of benzene rings is 3. The fourth-order valence-electron chi connectivity index (χ4n) is 4.57. The summed E-state index contributed by atoms with van der Waals surface area (Å²) in [5.74, 6) is 1.61. The molecule has 5 rings (SSSR count). The third-order valence-corrected chi connectivity index (χ3v) is 6.35. The Bertz CT molecular complexity index is 1310. The number of fused-ring (bicyclic) bond motifs is 1. The first-order valence-electron chi connectivity index (χ1n) is 12.1. The Morgan fingerprint density at radius 2 is 1.94 bits per heavy atom. The Morgan fingerprint density at radius 1 is 1.08 bits per heavy atom. The van der Waals surface area contributed by atoms with E-state index in [0.29, 0.717) is 31.7 Å². The number of rotatable bonds is 8. The monoisotopic (exact) mass is 482 g/mol. The minimum atomic E-state index is -0.181. The second-order valence-electron chi connectivity index (χ2n) is 8.85. The summed E-state index contributed by atoms with van der Waals surface area (Å²) in [6, 6.07) is 25.7. The van der Waals surface area contributed by atoms with Gasteiger partial charge in [0.15, 0.2) is 0 Å². The number of carbonyl (C=O) groups is 1. The molecule has 0 aliphatic carbocycles. The van der Waals surface area contributed by atoms with Crippen molar-refractivity contribution in [1.82, 2.24) is 20.0 Å². The standard InChI is InChI=1S/C29H30N4O3/c1-35-27-13-5-3-11-25(27)28-21-32(20-24-9-2-4-12-26(24)36-28)17-15-30-29(34)23-10-6-8-22(18-23)19-33-16-7-14-31-33/h2-14,16,18,28H,15,17,19-21H2,1H3,(H,30,34)/t28-/m1/s1. The van der Waals surface area contributed by atoms with Crippen LogP contribution in [0, 0.1) is 0 Å². The molecule has 1 N–H and O–H groups in total. The molecule has 0 unspecified atom stereocenters. The Balaban J connectivity index is 1.25. The molecular formula is C29H30N4O3. The fraction of sp³-hybridized carbons (Fsp3) is 0.241. The maximum absolute atomic E-state index is 12.9. The molecule has 3 aromatic carbocycles. The summed E-state index contributed by atoms with van der Waals surface area (Å²) >= 11 is 0. The van der Waals surface area contributed by atoms with Crippen LogP contribution in [0.15, 0.2) is 91.3 Å². The van der Waals surface area contributed by atoms with Gasteiger partial charge in [-0.25, -0.2) is 0 Å². The number of ether oxygens (including phenoxy) is 2. The van der Waals surface area contributed by atoms with Gasteiger partial charge in [0.25, 0.3) is 5.91 Å². The molecule has 36 heavy (non-hydrogen) atoms. The normalized spacial score (nSPS) is 15.4. The predicted octanol–water partition coefficient (Wildman–Crippen LogP) is 4.31. The van der Waals surface area contributed by atoms with Crippen molar-refractivity contribution in [3.05, 3.63) is 114 Å². The summed E-state index contributed by atoms with van der Waals surface area (Å²) in [5, 5.41) is 7.33. The van der Waals surface area contributed by atoms with E-state index in [0.717, 1.165) is 34.7 Å². The number of amides is 1. The summed E-state index contributed by atoms with van der Waals surface area (Å²) in [6.07, 6.45) is 3.48. The van der Waals surface area contributed by atoms with E-state index in [4.69, 9.17) is 9.47 Å². The molecular weight excluding hydrogens is 452 g/mol. The van der Waals surface area contributed by atoms with E-state index in [1.807, 2.05) is 83.7 Å². The number of methoxy groups -OCH3 is 1. The minimum absolute atomic E-state index is 0.0786. The van der Waals surface area contributed by atoms with E-state index in [-0.39, 0.29) is 12.0 Å². The van der Waals surface area contributed by atoms with E-state index in [1.54, 1.807) is 13.3 Å². The Hall–Kier alpha value is -4.10. The molecule has 1 aliphatic heterocycles. The zero-order chi connectivity index (χ0) is 24.7. The number of nitrogens with zero attached hydrogens (tertiary/aromatic N) is 3. The lowest BCUT2D eigenvalue weighted by Gasteiger charge is -2.25. The number of nitrogens with one attached hydrogen (secondary N) is 1. The molecule has 0 saturated heterocycles. The number of hydrogen-bond acceptors (Lipinski definition) is 5. The Kier molecular flexibility index (Phi) is 7.28. The molecule has 0 spiro atoms. The molecule has 0 saturated carbocycles. The average molecular weight is 483 g/mol. The Morgan fingerprint density at radius 3 is 2.81 bits per heavy atom. The van der Waals surface area contributed by atoms with Crippen LogP contribution < -0.4 is 14.8 Å². The summed E-state index contributed by atoms with van der Waals surface area (Å²) in [6.45, 7) is 3.29. The molecule has 7 heteroatoms. The van der Waals surface area contributed by atoms with Crippen LogP contribution in [0.3, 0.4) is 0 Å². The summed E-state index contributed by atoms with van der Waals surface area (Å²) in [4.78, 5) is 15.2. The maximum atomic E-state index is 12.9. The van der Waals surface area contributed by atoms with Gasteiger partial charge in [-0.05, 0) is 35.9 Å². The topological polar surface area (TPSA) is 68.6 Å². The lowest BCUT2D eigenvalue weighted by atomic mass is 10.1.